The second kappa shape index (κ2) is 4.72. The van der Waals surface area contributed by atoms with Gasteiger partial charge < -0.3 is 15.8 Å². The molecule has 0 aliphatic heterocycles. The lowest BCUT2D eigenvalue weighted by Crippen LogP contribution is -2.67. The molecule has 1 spiro atoms. The summed E-state index contributed by atoms with van der Waals surface area (Å²) in [6.45, 7) is 3.24. The number of nitrogens with two attached hydrogens (primary N) is 1. The van der Waals surface area contributed by atoms with Crippen molar-refractivity contribution in [2.75, 3.05) is 13.2 Å². The van der Waals surface area contributed by atoms with Crippen molar-refractivity contribution in [1.82, 2.24) is 5.32 Å². The molecule has 2 unspecified atom stereocenters. The third kappa shape index (κ3) is 1.84. The molecule has 2 fully saturated rings. The van der Waals surface area contributed by atoms with Crippen molar-refractivity contribution >= 4 is 5.91 Å². The average Bonchev–Trinajstić information content (AvgIpc) is 2.13. The number of ether oxygens (including phenoxy) is 1. The molecule has 0 bridgehead atoms. The van der Waals surface area contributed by atoms with Gasteiger partial charge in [0.25, 0.3) is 0 Å². The molecule has 2 aliphatic rings. The lowest BCUT2D eigenvalue weighted by molar-refractivity contribution is -0.175. The highest BCUT2D eigenvalue weighted by molar-refractivity contribution is 5.76. The molecule has 3 N–H and O–H groups in total. The Kier molecular flexibility index (Phi) is 3.50. The van der Waals surface area contributed by atoms with E-state index in [0.29, 0.717) is 25.1 Å². The van der Waals surface area contributed by atoms with Gasteiger partial charge in [-0.05, 0) is 26.2 Å². The number of carbonyl (C=O) groups excluding carboxylic acids is 1. The molecule has 4 nitrogen and oxygen atoms in total. The third-order valence-corrected chi connectivity index (χ3v) is 4.14. The minimum atomic E-state index is 0.0914. The number of hydrogen-bond acceptors (Lipinski definition) is 3. The van der Waals surface area contributed by atoms with Gasteiger partial charge in [0.1, 0.15) is 0 Å². The Morgan fingerprint density at radius 1 is 1.56 bits per heavy atom. The number of carbonyl (C=O) groups is 1. The van der Waals surface area contributed by atoms with Crippen LogP contribution in [-0.2, 0) is 9.53 Å². The molecular formula is C12H22N2O2. The monoisotopic (exact) mass is 226 g/mol. The molecule has 0 saturated heterocycles. The van der Waals surface area contributed by atoms with Crippen molar-refractivity contribution in [2.24, 2.45) is 11.1 Å². The van der Waals surface area contributed by atoms with E-state index in [1.54, 1.807) is 0 Å². The molecule has 0 aromatic carbocycles. The Morgan fingerprint density at radius 3 is 2.81 bits per heavy atom. The second-order valence-corrected chi connectivity index (χ2v) is 4.93. The highest BCUT2D eigenvalue weighted by Gasteiger charge is 2.59. The minimum absolute atomic E-state index is 0.0914. The van der Waals surface area contributed by atoms with E-state index in [9.17, 15) is 4.79 Å². The lowest BCUT2D eigenvalue weighted by Gasteiger charge is -2.61. The van der Waals surface area contributed by atoms with Crippen molar-refractivity contribution in [3.63, 3.8) is 0 Å². The van der Waals surface area contributed by atoms with Crippen molar-refractivity contribution in [3.05, 3.63) is 0 Å². The van der Waals surface area contributed by atoms with Gasteiger partial charge in [-0.15, -0.1) is 0 Å². The van der Waals surface area contributed by atoms with Gasteiger partial charge in [-0.25, -0.2) is 0 Å². The fourth-order valence-electron chi connectivity index (χ4n) is 3.04. The molecule has 1 amide bonds. The summed E-state index contributed by atoms with van der Waals surface area (Å²) in [5.74, 6) is 0.0914. The average molecular weight is 226 g/mol. The predicted octanol–water partition coefficient (Wildman–Crippen LogP) is 0.799. The maximum absolute atomic E-state index is 11.5. The number of amides is 1. The van der Waals surface area contributed by atoms with Crippen LogP contribution in [0.25, 0.3) is 0 Å². The molecule has 0 aromatic heterocycles. The predicted molar refractivity (Wildman–Crippen MR) is 61.9 cm³/mol. The van der Waals surface area contributed by atoms with E-state index in [2.05, 4.69) is 5.32 Å². The highest BCUT2D eigenvalue weighted by Crippen LogP contribution is 2.57. The van der Waals surface area contributed by atoms with Gasteiger partial charge in [0.2, 0.25) is 5.91 Å². The molecular weight excluding hydrogens is 204 g/mol. The number of nitrogens with one attached hydrogen (secondary N) is 1. The van der Waals surface area contributed by atoms with Gasteiger partial charge in [0.05, 0.1) is 6.10 Å². The zero-order valence-electron chi connectivity index (χ0n) is 10.00. The van der Waals surface area contributed by atoms with Gasteiger partial charge in [0.15, 0.2) is 0 Å². The van der Waals surface area contributed by atoms with Crippen molar-refractivity contribution in [2.45, 2.75) is 51.2 Å². The van der Waals surface area contributed by atoms with E-state index in [-0.39, 0.29) is 11.3 Å². The van der Waals surface area contributed by atoms with Crippen LogP contribution in [-0.4, -0.2) is 31.2 Å². The van der Waals surface area contributed by atoms with Crippen LogP contribution in [0, 0.1) is 5.41 Å². The van der Waals surface area contributed by atoms with Crippen molar-refractivity contribution in [1.29, 1.82) is 0 Å². The standard InChI is InChI=1S/C12H22N2O2/c1-2-16-10-8-9(12(10)5-3-6-12)14-11(15)4-7-13/h9-10H,2-8,13H2,1H3,(H,14,15). The fourth-order valence-corrected chi connectivity index (χ4v) is 3.04. The molecule has 4 heteroatoms. The normalized spacial score (nSPS) is 30.6. The van der Waals surface area contributed by atoms with Crippen molar-refractivity contribution in [3.8, 4) is 0 Å². The minimum Gasteiger partial charge on any atom is -0.378 e. The lowest BCUT2D eigenvalue weighted by atomic mass is 9.51. The van der Waals surface area contributed by atoms with Crippen LogP contribution in [0.4, 0.5) is 0 Å². The zero-order chi connectivity index (χ0) is 11.6. The molecule has 2 aliphatic carbocycles. The first-order valence-corrected chi connectivity index (χ1v) is 6.34. The van der Waals surface area contributed by atoms with E-state index >= 15 is 0 Å². The largest absolute Gasteiger partial charge is 0.378 e. The van der Waals surface area contributed by atoms with E-state index in [0.717, 1.165) is 13.0 Å². The fraction of sp³-hybridized carbons (Fsp3) is 0.917. The molecule has 2 rings (SSSR count). The van der Waals surface area contributed by atoms with Crippen LogP contribution < -0.4 is 11.1 Å². The zero-order valence-corrected chi connectivity index (χ0v) is 10.00. The maximum Gasteiger partial charge on any atom is 0.221 e. The molecule has 2 atom stereocenters. The summed E-state index contributed by atoms with van der Waals surface area (Å²) in [4.78, 5) is 11.5. The van der Waals surface area contributed by atoms with Gasteiger partial charge in [-0.1, -0.05) is 6.42 Å². The third-order valence-electron chi connectivity index (χ3n) is 4.14. The molecule has 0 radical (unpaired) electrons. The van der Waals surface area contributed by atoms with Crippen LogP contribution in [0.3, 0.4) is 0 Å². The van der Waals surface area contributed by atoms with E-state index in [4.69, 9.17) is 10.5 Å². The molecule has 0 heterocycles. The number of hydrogen-bond donors (Lipinski definition) is 2. The molecule has 92 valence electrons. The Bertz CT molecular complexity index is 264. The van der Waals surface area contributed by atoms with Gasteiger partial charge >= 0.3 is 0 Å². The van der Waals surface area contributed by atoms with Crippen LogP contribution in [0.5, 0.6) is 0 Å². The number of rotatable bonds is 5. The summed E-state index contributed by atoms with van der Waals surface area (Å²) >= 11 is 0. The first kappa shape index (κ1) is 11.9. The molecule has 0 aromatic rings. The second-order valence-electron chi connectivity index (χ2n) is 4.93. The van der Waals surface area contributed by atoms with E-state index < -0.39 is 0 Å². The summed E-state index contributed by atoms with van der Waals surface area (Å²) in [7, 11) is 0. The summed E-state index contributed by atoms with van der Waals surface area (Å²) in [5, 5.41) is 3.10. The Labute approximate surface area is 96.9 Å². The first-order chi connectivity index (χ1) is 7.73. The first-order valence-electron chi connectivity index (χ1n) is 6.34. The molecule has 16 heavy (non-hydrogen) atoms. The van der Waals surface area contributed by atoms with E-state index in [1.165, 1.54) is 19.3 Å². The van der Waals surface area contributed by atoms with Gasteiger partial charge in [0, 0.05) is 31.0 Å². The molecule has 2 saturated carbocycles. The maximum atomic E-state index is 11.5. The summed E-state index contributed by atoms with van der Waals surface area (Å²) in [6, 6.07) is 0.330. The SMILES string of the molecule is CCOC1CC(NC(=O)CCN)C12CCC2. The quantitative estimate of drug-likeness (QED) is 0.728. The van der Waals surface area contributed by atoms with Crippen LogP contribution in [0.1, 0.15) is 39.0 Å². The van der Waals surface area contributed by atoms with Crippen LogP contribution >= 0.6 is 0 Å². The van der Waals surface area contributed by atoms with E-state index in [1.807, 2.05) is 6.92 Å². The summed E-state index contributed by atoms with van der Waals surface area (Å²) in [6.07, 6.45) is 5.45. The van der Waals surface area contributed by atoms with Gasteiger partial charge in [-0.2, -0.15) is 0 Å². The Hall–Kier alpha value is -0.610. The van der Waals surface area contributed by atoms with Crippen molar-refractivity contribution < 1.29 is 9.53 Å². The summed E-state index contributed by atoms with van der Waals surface area (Å²) in [5.41, 5.74) is 5.63. The summed E-state index contributed by atoms with van der Waals surface area (Å²) < 4.78 is 5.73. The topological polar surface area (TPSA) is 64.3 Å². The smallest absolute Gasteiger partial charge is 0.221 e. The highest BCUT2D eigenvalue weighted by atomic mass is 16.5. The Balaban J connectivity index is 1.86. The van der Waals surface area contributed by atoms with Crippen LogP contribution in [0.15, 0.2) is 0 Å². The van der Waals surface area contributed by atoms with Gasteiger partial charge in [-0.3, -0.25) is 4.79 Å². The Morgan fingerprint density at radius 2 is 2.31 bits per heavy atom. The van der Waals surface area contributed by atoms with Crippen LogP contribution in [0.2, 0.25) is 0 Å².